The Labute approximate surface area is 90.1 Å². The summed E-state index contributed by atoms with van der Waals surface area (Å²) >= 11 is 0. The van der Waals surface area contributed by atoms with Crippen molar-refractivity contribution in [2.45, 2.75) is 30.7 Å². The van der Waals surface area contributed by atoms with Crippen molar-refractivity contribution in [2.75, 3.05) is 6.61 Å². The van der Waals surface area contributed by atoms with Crippen LogP contribution in [0.1, 0.15) is 0 Å². The third-order valence-electron chi connectivity index (χ3n) is 2.08. The summed E-state index contributed by atoms with van der Waals surface area (Å²) in [5.41, 5.74) is 0. The molecule has 1 fully saturated rings. The number of aliphatic hydroxyl groups is 4. The van der Waals surface area contributed by atoms with Crippen molar-refractivity contribution in [1.29, 1.82) is 0 Å². The van der Waals surface area contributed by atoms with Crippen LogP contribution < -0.4 is 9.79 Å². The molecule has 4 N–H and O–H groups in total. The minimum atomic E-state index is -5.41. The second-order valence-electron chi connectivity index (χ2n) is 3.25. The average molecular weight is 258 g/mol. The smallest absolute Gasteiger partial charge is 0.191 e. The van der Waals surface area contributed by atoms with E-state index >= 15 is 0 Å². The largest absolute Gasteiger partial charge is 0.790 e. The van der Waals surface area contributed by atoms with Gasteiger partial charge in [0.1, 0.15) is 24.4 Å². The highest BCUT2D eigenvalue weighted by atomic mass is 31.2. The van der Waals surface area contributed by atoms with E-state index in [1.54, 1.807) is 0 Å². The molecule has 0 spiro atoms. The molecule has 1 aliphatic heterocycles. The highest BCUT2D eigenvalue weighted by Crippen LogP contribution is 2.33. The van der Waals surface area contributed by atoms with Crippen molar-refractivity contribution in [3.05, 3.63) is 0 Å². The summed E-state index contributed by atoms with van der Waals surface area (Å²) in [4.78, 5) is 20.6. The van der Waals surface area contributed by atoms with Crippen LogP contribution in [0.5, 0.6) is 0 Å². The van der Waals surface area contributed by atoms with Crippen LogP contribution in [-0.2, 0) is 13.8 Å². The minimum absolute atomic E-state index is 0.743. The zero-order chi connectivity index (χ0) is 12.5. The maximum Gasteiger partial charge on any atom is 0.191 e. The predicted octanol–water partition coefficient (Wildman–Crippen LogP) is -4.37. The van der Waals surface area contributed by atoms with E-state index in [2.05, 4.69) is 9.26 Å². The van der Waals surface area contributed by atoms with Crippen molar-refractivity contribution in [2.24, 2.45) is 0 Å². The van der Waals surface area contributed by atoms with Gasteiger partial charge in [0.25, 0.3) is 0 Å². The molecule has 0 saturated carbocycles. The number of phosphoric ester groups is 1. The summed E-state index contributed by atoms with van der Waals surface area (Å²) in [5.74, 6) is 0. The molecule has 9 nitrogen and oxygen atoms in total. The van der Waals surface area contributed by atoms with Gasteiger partial charge in [0.05, 0.1) is 14.4 Å². The Morgan fingerprint density at radius 1 is 1.19 bits per heavy atom. The second-order valence-corrected chi connectivity index (χ2v) is 4.36. The Kier molecular flexibility index (Phi) is 4.41. The third-order valence-corrected chi connectivity index (χ3v) is 2.55. The van der Waals surface area contributed by atoms with Gasteiger partial charge in [0.15, 0.2) is 6.29 Å². The molecule has 1 aliphatic rings. The van der Waals surface area contributed by atoms with Gasteiger partial charge in [-0.3, -0.25) is 0 Å². The fourth-order valence-corrected chi connectivity index (χ4v) is 1.71. The molecule has 0 aliphatic carbocycles. The van der Waals surface area contributed by atoms with Gasteiger partial charge >= 0.3 is 0 Å². The van der Waals surface area contributed by atoms with Crippen LogP contribution in [-0.4, -0.2) is 57.7 Å². The Morgan fingerprint density at radius 2 is 1.75 bits per heavy atom. The summed E-state index contributed by atoms with van der Waals surface area (Å²) in [6.07, 6.45) is -8.61. The predicted molar refractivity (Wildman–Crippen MR) is 42.5 cm³/mol. The number of hydrogen-bond acceptors (Lipinski definition) is 9. The zero-order valence-corrected chi connectivity index (χ0v) is 8.77. The van der Waals surface area contributed by atoms with E-state index in [1.807, 2.05) is 0 Å². The van der Waals surface area contributed by atoms with Crippen molar-refractivity contribution in [1.82, 2.24) is 0 Å². The first kappa shape index (κ1) is 14.0. The quantitative estimate of drug-likeness (QED) is 0.366. The van der Waals surface area contributed by atoms with Crippen LogP contribution in [0.4, 0.5) is 0 Å². The molecule has 16 heavy (non-hydrogen) atoms. The number of ether oxygens (including phenoxy) is 1. The summed E-state index contributed by atoms with van der Waals surface area (Å²) in [5, 5.41) is 36.5. The SMILES string of the molecule is O=P([O-])([O-])O[C@H]1O[C@@H](CO)[C@@H](O)[C@@H](O)[C@@H]1O. The molecule has 0 aromatic rings. The molecule has 0 amide bonds. The molecule has 96 valence electrons. The second kappa shape index (κ2) is 5.05. The highest BCUT2D eigenvalue weighted by molar-refractivity contribution is 7.43. The van der Waals surface area contributed by atoms with Gasteiger partial charge in [-0.1, -0.05) is 0 Å². The van der Waals surface area contributed by atoms with Crippen molar-refractivity contribution in [3.63, 3.8) is 0 Å². The number of hydrogen-bond donors (Lipinski definition) is 4. The summed E-state index contributed by atoms with van der Waals surface area (Å²) in [6.45, 7) is -0.743. The van der Waals surface area contributed by atoms with Gasteiger partial charge < -0.3 is 44.0 Å². The lowest BCUT2D eigenvalue weighted by Gasteiger charge is -2.43. The highest BCUT2D eigenvalue weighted by Gasteiger charge is 2.44. The molecular weight excluding hydrogens is 247 g/mol. The fourth-order valence-electron chi connectivity index (χ4n) is 1.28. The molecule has 1 saturated heterocycles. The monoisotopic (exact) mass is 258 g/mol. The third kappa shape index (κ3) is 3.20. The Bertz CT molecular complexity index is 275. The molecule has 1 heterocycles. The number of aliphatic hydroxyl groups excluding tert-OH is 4. The molecule has 0 unspecified atom stereocenters. The van der Waals surface area contributed by atoms with Gasteiger partial charge in [-0.05, 0) is 0 Å². The fraction of sp³-hybridized carbons (Fsp3) is 1.00. The van der Waals surface area contributed by atoms with Crippen molar-refractivity contribution >= 4 is 7.82 Å². The first-order chi connectivity index (χ1) is 7.26. The van der Waals surface area contributed by atoms with Crippen molar-refractivity contribution in [3.8, 4) is 0 Å². The lowest BCUT2D eigenvalue weighted by Crippen LogP contribution is -2.59. The van der Waals surface area contributed by atoms with Gasteiger partial charge in [0.2, 0.25) is 0 Å². The standard InChI is InChI=1S/C6H13O9P/c7-1-2-3(8)4(9)5(10)6(14-2)15-16(11,12)13/h2-10H,1H2,(H2,11,12,13)/p-2/t2-,3+,4+,5-,6+/m0/s1. The molecular formula is C6H11O9P-2. The molecule has 10 heteroatoms. The van der Waals surface area contributed by atoms with E-state index in [4.69, 9.17) is 5.11 Å². The van der Waals surface area contributed by atoms with Crippen LogP contribution >= 0.6 is 7.82 Å². The van der Waals surface area contributed by atoms with Crippen molar-refractivity contribution < 1.29 is 44.0 Å². The van der Waals surface area contributed by atoms with E-state index in [1.165, 1.54) is 0 Å². The summed E-state index contributed by atoms with van der Waals surface area (Å²) in [7, 11) is -5.41. The molecule has 0 bridgehead atoms. The normalized spacial score (nSPS) is 41.0. The Hall–Kier alpha value is -0.0900. The van der Waals surface area contributed by atoms with E-state index in [0.29, 0.717) is 0 Å². The van der Waals surface area contributed by atoms with Gasteiger partial charge in [-0.2, -0.15) is 0 Å². The van der Waals surface area contributed by atoms with E-state index < -0.39 is 45.1 Å². The number of rotatable bonds is 3. The summed E-state index contributed by atoms with van der Waals surface area (Å²) in [6, 6.07) is 0. The van der Waals surface area contributed by atoms with Crippen LogP contribution in [0, 0.1) is 0 Å². The van der Waals surface area contributed by atoms with Gasteiger partial charge in [-0.15, -0.1) is 0 Å². The van der Waals surface area contributed by atoms with Crippen LogP contribution in [0.2, 0.25) is 0 Å². The van der Waals surface area contributed by atoms with Gasteiger partial charge in [0, 0.05) is 0 Å². The molecule has 1 rings (SSSR count). The van der Waals surface area contributed by atoms with E-state index in [9.17, 15) is 29.7 Å². The van der Waals surface area contributed by atoms with Crippen LogP contribution in [0.3, 0.4) is 0 Å². The zero-order valence-electron chi connectivity index (χ0n) is 7.87. The average Bonchev–Trinajstić information content (AvgIpc) is 2.17. The minimum Gasteiger partial charge on any atom is -0.790 e. The topological polar surface area (TPSA) is 163 Å². The van der Waals surface area contributed by atoms with Gasteiger partial charge in [-0.25, -0.2) is 0 Å². The first-order valence-electron chi connectivity index (χ1n) is 4.27. The Balaban J connectivity index is 2.75. The molecule has 0 radical (unpaired) electrons. The molecule has 0 aromatic carbocycles. The lowest BCUT2D eigenvalue weighted by atomic mass is 10.00. The van der Waals surface area contributed by atoms with Crippen LogP contribution in [0.15, 0.2) is 0 Å². The maximum atomic E-state index is 10.3. The van der Waals surface area contributed by atoms with Crippen LogP contribution in [0.25, 0.3) is 0 Å². The maximum absolute atomic E-state index is 10.3. The lowest BCUT2D eigenvalue weighted by molar-refractivity contribution is -0.368. The molecule has 0 aromatic heterocycles. The van der Waals surface area contributed by atoms with E-state index in [-0.39, 0.29) is 0 Å². The number of phosphoric acid groups is 1. The summed E-state index contributed by atoms with van der Waals surface area (Å²) < 4.78 is 18.7. The molecule has 5 atom stereocenters. The first-order valence-corrected chi connectivity index (χ1v) is 5.73. The Morgan fingerprint density at radius 3 is 2.19 bits per heavy atom. The van der Waals surface area contributed by atoms with E-state index in [0.717, 1.165) is 0 Å².